The quantitative estimate of drug-likeness (QED) is 0.892. The minimum Gasteiger partial charge on any atom is -0.349 e. The van der Waals surface area contributed by atoms with Crippen LogP contribution in [-0.2, 0) is 11.2 Å². The van der Waals surface area contributed by atoms with Gasteiger partial charge >= 0.3 is 0 Å². The Labute approximate surface area is 120 Å². The molecule has 1 atom stereocenters. The Hall–Kier alpha value is -1.75. The predicted molar refractivity (Wildman–Crippen MR) is 75.6 cm³/mol. The highest BCUT2D eigenvalue weighted by Crippen LogP contribution is 2.18. The summed E-state index contributed by atoms with van der Waals surface area (Å²) in [6.07, 6.45) is 0.640. The molecule has 5 heteroatoms. The number of halogens is 2. The first-order valence-corrected chi connectivity index (χ1v) is 7.21. The molecule has 1 heterocycles. The Morgan fingerprint density at radius 2 is 2.10 bits per heavy atom. The van der Waals surface area contributed by atoms with Crippen molar-refractivity contribution in [3.8, 4) is 0 Å². The molecule has 0 saturated heterocycles. The summed E-state index contributed by atoms with van der Waals surface area (Å²) in [5, 5.41) is 4.84. The molecule has 1 aromatic carbocycles. The number of hydrogen-bond donors (Lipinski definition) is 1. The zero-order chi connectivity index (χ0) is 14.5. The lowest BCUT2D eigenvalue weighted by Crippen LogP contribution is -2.26. The Morgan fingerprint density at radius 3 is 2.75 bits per heavy atom. The normalized spacial score (nSPS) is 12.2. The highest BCUT2D eigenvalue weighted by Gasteiger charge is 2.11. The van der Waals surface area contributed by atoms with Gasteiger partial charge in [-0.25, -0.2) is 8.78 Å². The van der Waals surface area contributed by atoms with Crippen LogP contribution >= 0.6 is 11.3 Å². The molecule has 0 unspecified atom stereocenters. The molecule has 0 radical (unpaired) electrons. The molecule has 0 spiro atoms. The first kappa shape index (κ1) is 14.7. The van der Waals surface area contributed by atoms with E-state index in [9.17, 15) is 13.6 Å². The first-order chi connectivity index (χ1) is 9.56. The molecule has 1 aromatic heterocycles. The lowest BCUT2D eigenvalue weighted by Gasteiger charge is -2.12. The van der Waals surface area contributed by atoms with E-state index >= 15 is 0 Å². The second kappa shape index (κ2) is 6.61. The first-order valence-electron chi connectivity index (χ1n) is 6.33. The Bertz CT molecular complexity index is 584. The number of thiophene rings is 1. The Balaban J connectivity index is 1.84. The largest absolute Gasteiger partial charge is 0.349 e. The topological polar surface area (TPSA) is 29.1 Å². The molecule has 2 aromatic rings. The predicted octanol–water partition coefficient (Wildman–Crippen LogP) is 3.84. The van der Waals surface area contributed by atoms with Crippen LogP contribution in [0.15, 0.2) is 35.7 Å². The summed E-state index contributed by atoms with van der Waals surface area (Å²) in [6.45, 7) is 1.92. The molecular formula is C15H15F2NOS. The molecule has 0 aliphatic rings. The van der Waals surface area contributed by atoms with Crippen LogP contribution in [0.25, 0.3) is 0 Å². The van der Waals surface area contributed by atoms with E-state index in [4.69, 9.17) is 0 Å². The van der Waals surface area contributed by atoms with E-state index < -0.39 is 11.6 Å². The molecule has 0 bridgehead atoms. The van der Waals surface area contributed by atoms with Gasteiger partial charge in [0.2, 0.25) is 5.91 Å². The fraction of sp³-hybridized carbons (Fsp3) is 0.267. The summed E-state index contributed by atoms with van der Waals surface area (Å²) in [4.78, 5) is 12.9. The van der Waals surface area contributed by atoms with Crippen molar-refractivity contribution in [1.82, 2.24) is 5.32 Å². The van der Waals surface area contributed by atoms with E-state index in [1.54, 1.807) is 11.3 Å². The van der Waals surface area contributed by atoms with Crippen molar-refractivity contribution in [2.45, 2.75) is 25.8 Å². The van der Waals surface area contributed by atoms with Gasteiger partial charge < -0.3 is 5.32 Å². The van der Waals surface area contributed by atoms with Gasteiger partial charge in [-0.05, 0) is 42.5 Å². The molecule has 0 aliphatic carbocycles. The summed E-state index contributed by atoms with van der Waals surface area (Å²) in [5.41, 5.74) is 0.614. The van der Waals surface area contributed by atoms with Crippen molar-refractivity contribution in [3.05, 3.63) is 57.8 Å². The van der Waals surface area contributed by atoms with Gasteiger partial charge in [-0.1, -0.05) is 12.1 Å². The van der Waals surface area contributed by atoms with Gasteiger partial charge in [0.1, 0.15) is 0 Å². The van der Waals surface area contributed by atoms with Crippen LogP contribution < -0.4 is 5.32 Å². The summed E-state index contributed by atoms with van der Waals surface area (Å²) in [6, 6.07) is 7.57. The molecule has 2 nitrogen and oxygen atoms in total. The van der Waals surface area contributed by atoms with Crippen molar-refractivity contribution >= 4 is 17.2 Å². The van der Waals surface area contributed by atoms with E-state index in [-0.39, 0.29) is 18.4 Å². The third-order valence-corrected chi connectivity index (χ3v) is 4.03. The number of benzene rings is 1. The maximum absolute atomic E-state index is 13.0. The van der Waals surface area contributed by atoms with Gasteiger partial charge in [0.15, 0.2) is 11.6 Å². The molecular weight excluding hydrogens is 280 g/mol. The molecule has 0 saturated carbocycles. The minimum atomic E-state index is -0.880. The zero-order valence-electron chi connectivity index (χ0n) is 11.0. The smallest absolute Gasteiger partial charge is 0.220 e. The summed E-state index contributed by atoms with van der Waals surface area (Å²) in [5.74, 6) is -1.85. The van der Waals surface area contributed by atoms with E-state index in [1.807, 2.05) is 24.4 Å². The molecule has 106 valence electrons. The molecule has 0 aliphatic heterocycles. The molecule has 20 heavy (non-hydrogen) atoms. The number of amides is 1. The number of hydrogen-bond acceptors (Lipinski definition) is 2. The van der Waals surface area contributed by atoms with Crippen LogP contribution in [-0.4, -0.2) is 5.91 Å². The van der Waals surface area contributed by atoms with Gasteiger partial charge in [-0.3, -0.25) is 4.79 Å². The van der Waals surface area contributed by atoms with Gasteiger partial charge in [0.25, 0.3) is 0 Å². The molecule has 0 fully saturated rings. The van der Waals surface area contributed by atoms with E-state index in [2.05, 4.69) is 5.32 Å². The third-order valence-electron chi connectivity index (χ3n) is 2.97. The fourth-order valence-electron chi connectivity index (χ4n) is 1.88. The Kier molecular flexibility index (Phi) is 4.84. The van der Waals surface area contributed by atoms with Gasteiger partial charge in [-0.15, -0.1) is 11.3 Å². The average molecular weight is 295 g/mol. The lowest BCUT2D eigenvalue weighted by atomic mass is 10.1. The number of rotatable bonds is 5. The average Bonchev–Trinajstić information content (AvgIpc) is 2.94. The fourth-order valence-corrected chi connectivity index (χ4v) is 2.61. The Morgan fingerprint density at radius 1 is 1.30 bits per heavy atom. The SMILES string of the molecule is C[C@H](NC(=O)CCc1ccc(F)c(F)c1)c1cccs1. The maximum atomic E-state index is 13.0. The summed E-state index contributed by atoms with van der Waals surface area (Å²) < 4.78 is 25.8. The van der Waals surface area contributed by atoms with Crippen LogP contribution in [0.1, 0.15) is 29.8 Å². The monoisotopic (exact) mass is 295 g/mol. The van der Waals surface area contributed by atoms with Gasteiger partial charge in [0.05, 0.1) is 6.04 Å². The van der Waals surface area contributed by atoms with Crippen LogP contribution in [0.2, 0.25) is 0 Å². The second-order valence-corrected chi connectivity index (χ2v) is 5.53. The van der Waals surface area contributed by atoms with Crippen molar-refractivity contribution < 1.29 is 13.6 Å². The van der Waals surface area contributed by atoms with Gasteiger partial charge in [-0.2, -0.15) is 0 Å². The van der Waals surface area contributed by atoms with Crippen LogP contribution in [0.3, 0.4) is 0 Å². The third kappa shape index (κ3) is 3.87. The second-order valence-electron chi connectivity index (χ2n) is 4.55. The summed E-state index contributed by atoms with van der Waals surface area (Å²) in [7, 11) is 0. The molecule has 2 rings (SSSR count). The van der Waals surface area contributed by atoms with Crippen molar-refractivity contribution in [3.63, 3.8) is 0 Å². The van der Waals surface area contributed by atoms with Crippen molar-refractivity contribution in [2.75, 3.05) is 0 Å². The maximum Gasteiger partial charge on any atom is 0.220 e. The molecule has 1 amide bonds. The summed E-state index contributed by atoms with van der Waals surface area (Å²) >= 11 is 1.59. The van der Waals surface area contributed by atoms with Crippen LogP contribution in [0.5, 0.6) is 0 Å². The number of aryl methyl sites for hydroxylation is 1. The standard InChI is InChI=1S/C15H15F2NOS/c1-10(14-3-2-8-20-14)18-15(19)7-5-11-4-6-12(16)13(17)9-11/h2-4,6,8-10H,5,7H2,1H3,(H,18,19)/t10-/m0/s1. The number of nitrogens with one attached hydrogen (secondary N) is 1. The van der Waals surface area contributed by atoms with Crippen LogP contribution in [0, 0.1) is 11.6 Å². The van der Waals surface area contributed by atoms with E-state index in [0.717, 1.165) is 17.0 Å². The zero-order valence-corrected chi connectivity index (χ0v) is 11.8. The lowest BCUT2D eigenvalue weighted by molar-refractivity contribution is -0.121. The molecule has 1 N–H and O–H groups in total. The highest BCUT2D eigenvalue weighted by atomic mass is 32.1. The van der Waals surface area contributed by atoms with E-state index in [0.29, 0.717) is 12.0 Å². The number of carbonyl (C=O) groups is 1. The van der Waals surface area contributed by atoms with E-state index in [1.165, 1.54) is 6.07 Å². The van der Waals surface area contributed by atoms with Crippen molar-refractivity contribution in [1.29, 1.82) is 0 Å². The minimum absolute atomic E-state index is 0.0348. The highest BCUT2D eigenvalue weighted by molar-refractivity contribution is 7.10. The van der Waals surface area contributed by atoms with Gasteiger partial charge in [0, 0.05) is 11.3 Å². The van der Waals surface area contributed by atoms with Crippen LogP contribution in [0.4, 0.5) is 8.78 Å². The van der Waals surface area contributed by atoms with Crippen molar-refractivity contribution in [2.24, 2.45) is 0 Å². The number of carbonyl (C=O) groups excluding carboxylic acids is 1.